The van der Waals surface area contributed by atoms with Gasteiger partial charge in [-0.1, -0.05) is 41.4 Å². The van der Waals surface area contributed by atoms with E-state index >= 15 is 0 Å². The van der Waals surface area contributed by atoms with Crippen LogP contribution >= 0.6 is 11.6 Å². The molecule has 2 rings (SSSR count). The van der Waals surface area contributed by atoms with Crippen molar-refractivity contribution in [2.75, 3.05) is 18.9 Å². The summed E-state index contributed by atoms with van der Waals surface area (Å²) >= 11 is 5.92. The largest absolute Gasteiger partial charge is 0.331 e. The van der Waals surface area contributed by atoms with E-state index in [9.17, 15) is 9.59 Å². The summed E-state index contributed by atoms with van der Waals surface area (Å²) in [6.07, 6.45) is 0. The van der Waals surface area contributed by atoms with Crippen LogP contribution in [0.25, 0.3) is 0 Å². The number of likely N-dealkylation sites (N-methyl/N-ethyl adjacent to an activating group) is 1. The second kappa shape index (κ2) is 9.53. The molecule has 2 aromatic carbocycles. The molecule has 27 heavy (non-hydrogen) atoms. The van der Waals surface area contributed by atoms with E-state index in [4.69, 9.17) is 11.6 Å². The molecule has 0 unspecified atom stereocenters. The van der Waals surface area contributed by atoms with E-state index in [1.807, 2.05) is 74.6 Å². The summed E-state index contributed by atoms with van der Waals surface area (Å²) in [5.41, 5.74) is 2.95. The summed E-state index contributed by atoms with van der Waals surface area (Å²) in [5, 5.41) is 5.49. The number of halogens is 1. The van der Waals surface area contributed by atoms with Crippen LogP contribution in [-0.4, -0.2) is 36.3 Å². The number of hydrogen-bond donors (Lipinski definition) is 2. The Morgan fingerprint density at radius 2 is 1.67 bits per heavy atom. The van der Waals surface area contributed by atoms with Crippen LogP contribution in [0.3, 0.4) is 0 Å². The lowest BCUT2D eigenvalue weighted by Gasteiger charge is -2.22. The summed E-state index contributed by atoms with van der Waals surface area (Å²) in [5.74, 6) is -0.303. The molecule has 0 radical (unpaired) electrons. The predicted octanol–water partition coefficient (Wildman–Crippen LogP) is 2.76. The lowest BCUT2D eigenvalue weighted by molar-refractivity contribution is -0.710. The van der Waals surface area contributed by atoms with Crippen molar-refractivity contribution in [2.24, 2.45) is 0 Å². The molecule has 0 aromatic heterocycles. The number of nitrogens with two attached hydrogens (primary N) is 1. The van der Waals surface area contributed by atoms with Crippen molar-refractivity contribution in [3.8, 4) is 0 Å². The van der Waals surface area contributed by atoms with Crippen LogP contribution in [0.1, 0.15) is 31.0 Å². The fourth-order valence-corrected chi connectivity index (χ4v) is 3.00. The topological polar surface area (TPSA) is 66.0 Å². The first kappa shape index (κ1) is 20.9. The summed E-state index contributed by atoms with van der Waals surface area (Å²) in [6.45, 7) is 5.89. The Morgan fingerprint density at radius 3 is 2.26 bits per heavy atom. The van der Waals surface area contributed by atoms with Crippen LogP contribution in [0, 0.1) is 6.92 Å². The number of amides is 2. The molecule has 0 fully saturated rings. The molecular weight excluding hydrogens is 362 g/mol. The minimum atomic E-state index is -0.298. The molecule has 0 heterocycles. The minimum absolute atomic E-state index is 0.0141. The Kier molecular flexibility index (Phi) is 7.39. The highest BCUT2D eigenvalue weighted by atomic mass is 35.5. The Bertz CT molecular complexity index is 775. The molecule has 0 saturated heterocycles. The fourth-order valence-electron chi connectivity index (χ4n) is 2.87. The van der Waals surface area contributed by atoms with Gasteiger partial charge in [-0.25, -0.2) is 0 Å². The van der Waals surface area contributed by atoms with E-state index in [0.29, 0.717) is 5.02 Å². The Labute approximate surface area is 165 Å². The van der Waals surface area contributed by atoms with Crippen LogP contribution < -0.4 is 10.6 Å². The molecule has 5 nitrogen and oxygen atoms in total. The molecule has 0 spiro atoms. The number of hydrogen-bond acceptors (Lipinski definition) is 2. The Balaban J connectivity index is 1.86. The first-order valence-corrected chi connectivity index (χ1v) is 9.36. The van der Waals surface area contributed by atoms with Gasteiger partial charge < -0.3 is 15.5 Å². The zero-order valence-electron chi connectivity index (χ0n) is 16.2. The second-order valence-electron chi connectivity index (χ2n) is 6.93. The molecule has 6 heteroatoms. The summed E-state index contributed by atoms with van der Waals surface area (Å²) in [7, 11) is 1.65. The standard InChI is InChI=1S/C21H26ClN3O2/c1-14-5-11-19(12-6-14)24-20(26)13-25(4)21(27)16(3)23-15(2)17-7-9-18(22)10-8-17/h5-12,15-16,23H,13H2,1-4H3,(H,24,26)/p+1/t15-,16+/m0/s1. The van der Waals surface area contributed by atoms with Gasteiger partial charge in [-0.3, -0.25) is 9.59 Å². The predicted molar refractivity (Wildman–Crippen MR) is 109 cm³/mol. The van der Waals surface area contributed by atoms with Gasteiger partial charge in [-0.2, -0.15) is 0 Å². The van der Waals surface area contributed by atoms with Crippen LogP contribution in [0.15, 0.2) is 48.5 Å². The van der Waals surface area contributed by atoms with Gasteiger partial charge in [-0.15, -0.1) is 0 Å². The molecule has 3 N–H and O–H groups in total. The van der Waals surface area contributed by atoms with Gasteiger partial charge in [0.05, 0.1) is 6.54 Å². The third kappa shape index (κ3) is 6.38. The lowest BCUT2D eigenvalue weighted by Crippen LogP contribution is -2.92. The van der Waals surface area contributed by atoms with Gasteiger partial charge in [0.1, 0.15) is 6.04 Å². The number of rotatable bonds is 7. The van der Waals surface area contributed by atoms with E-state index in [2.05, 4.69) is 5.32 Å². The zero-order valence-corrected chi connectivity index (χ0v) is 17.0. The molecule has 0 saturated carbocycles. The average Bonchev–Trinajstić information content (AvgIpc) is 2.63. The van der Waals surface area contributed by atoms with Crippen molar-refractivity contribution in [3.63, 3.8) is 0 Å². The van der Waals surface area contributed by atoms with Gasteiger partial charge in [0.15, 0.2) is 6.04 Å². The summed E-state index contributed by atoms with van der Waals surface area (Å²) < 4.78 is 0. The van der Waals surface area contributed by atoms with Crippen LogP contribution in [-0.2, 0) is 9.59 Å². The molecular formula is C21H27ClN3O2+. The van der Waals surface area contributed by atoms with Crippen LogP contribution in [0.2, 0.25) is 5.02 Å². The number of anilines is 1. The van der Waals surface area contributed by atoms with E-state index in [-0.39, 0.29) is 30.4 Å². The van der Waals surface area contributed by atoms with Gasteiger partial charge in [0.2, 0.25) is 5.91 Å². The maximum absolute atomic E-state index is 12.6. The van der Waals surface area contributed by atoms with Gasteiger partial charge in [0.25, 0.3) is 5.91 Å². The highest BCUT2D eigenvalue weighted by molar-refractivity contribution is 6.30. The molecule has 144 valence electrons. The number of carbonyl (C=O) groups is 2. The van der Waals surface area contributed by atoms with Crippen LogP contribution in [0.4, 0.5) is 5.69 Å². The maximum Gasteiger partial charge on any atom is 0.280 e. The lowest BCUT2D eigenvalue weighted by atomic mass is 10.1. The first-order chi connectivity index (χ1) is 12.8. The SMILES string of the molecule is Cc1ccc(NC(=O)CN(C)C(=O)[C@@H](C)[NH2+][C@@H](C)c2ccc(Cl)cc2)cc1. The number of quaternary nitrogens is 1. The van der Waals surface area contributed by atoms with E-state index in [0.717, 1.165) is 16.8 Å². The zero-order chi connectivity index (χ0) is 20.0. The molecule has 2 aromatic rings. The van der Waals surface area contributed by atoms with Crippen molar-refractivity contribution in [3.05, 3.63) is 64.7 Å². The Hall–Kier alpha value is -2.37. The molecule has 2 atom stereocenters. The highest BCUT2D eigenvalue weighted by Crippen LogP contribution is 2.13. The Morgan fingerprint density at radius 1 is 1.07 bits per heavy atom. The van der Waals surface area contributed by atoms with Gasteiger partial charge in [0, 0.05) is 23.3 Å². The van der Waals surface area contributed by atoms with Crippen molar-refractivity contribution < 1.29 is 14.9 Å². The monoisotopic (exact) mass is 388 g/mol. The van der Waals surface area contributed by atoms with E-state index < -0.39 is 0 Å². The second-order valence-corrected chi connectivity index (χ2v) is 7.37. The maximum atomic E-state index is 12.6. The number of aryl methyl sites for hydroxylation is 1. The van der Waals surface area contributed by atoms with Gasteiger partial charge in [-0.05, 0) is 45.0 Å². The molecule has 0 aliphatic carbocycles. The highest BCUT2D eigenvalue weighted by Gasteiger charge is 2.24. The fraction of sp³-hybridized carbons (Fsp3) is 0.333. The normalized spacial score (nSPS) is 12.9. The molecule has 0 bridgehead atoms. The third-order valence-corrected chi connectivity index (χ3v) is 4.71. The summed E-state index contributed by atoms with van der Waals surface area (Å²) in [4.78, 5) is 26.2. The molecule has 0 aliphatic rings. The van der Waals surface area contributed by atoms with Crippen molar-refractivity contribution >= 4 is 29.1 Å². The molecule has 0 aliphatic heterocycles. The van der Waals surface area contributed by atoms with Crippen molar-refractivity contribution in [1.82, 2.24) is 4.90 Å². The third-order valence-electron chi connectivity index (χ3n) is 4.45. The number of carbonyl (C=O) groups excluding carboxylic acids is 2. The van der Waals surface area contributed by atoms with Gasteiger partial charge >= 0.3 is 0 Å². The van der Waals surface area contributed by atoms with Crippen LogP contribution in [0.5, 0.6) is 0 Å². The number of nitrogens with one attached hydrogen (secondary N) is 1. The number of benzene rings is 2. The van der Waals surface area contributed by atoms with Crippen molar-refractivity contribution in [2.45, 2.75) is 32.9 Å². The average molecular weight is 389 g/mol. The number of nitrogens with zero attached hydrogens (tertiary/aromatic N) is 1. The van der Waals surface area contributed by atoms with E-state index in [1.165, 1.54) is 4.90 Å². The summed E-state index contributed by atoms with van der Waals surface area (Å²) in [6, 6.07) is 15.0. The minimum Gasteiger partial charge on any atom is -0.331 e. The van der Waals surface area contributed by atoms with Crippen molar-refractivity contribution in [1.29, 1.82) is 0 Å². The first-order valence-electron chi connectivity index (χ1n) is 8.98. The molecule has 2 amide bonds. The quantitative estimate of drug-likeness (QED) is 0.765. The van der Waals surface area contributed by atoms with E-state index in [1.54, 1.807) is 7.05 Å². The smallest absolute Gasteiger partial charge is 0.280 e.